The molecule has 0 saturated heterocycles. The van der Waals surface area contributed by atoms with Crippen molar-refractivity contribution in [2.45, 2.75) is 50.9 Å². The van der Waals surface area contributed by atoms with E-state index in [4.69, 9.17) is 28.2 Å². The molecule has 2 unspecified atom stereocenters. The third-order valence-corrected chi connectivity index (χ3v) is 4.95. The topological polar surface area (TPSA) is 17.8 Å². The molecule has 1 heterocycles. The fourth-order valence-corrected chi connectivity index (χ4v) is 3.77. The van der Waals surface area contributed by atoms with E-state index in [-0.39, 0.29) is 5.38 Å². The van der Waals surface area contributed by atoms with Crippen LogP contribution in [-0.2, 0) is 0 Å². The van der Waals surface area contributed by atoms with Gasteiger partial charge in [0.25, 0.3) is 0 Å². The van der Waals surface area contributed by atoms with Crippen molar-refractivity contribution in [1.82, 2.24) is 9.55 Å². The van der Waals surface area contributed by atoms with Gasteiger partial charge in [-0.2, -0.15) is 0 Å². The number of hydrogen-bond acceptors (Lipinski definition) is 1. The molecule has 1 saturated carbocycles. The summed E-state index contributed by atoms with van der Waals surface area (Å²) >= 11 is 12.4. The SMILES string of the molecule is CC(Cl)c1nc2cc(Cl)ccc2n1C(C)C1CCCC1. The predicted molar refractivity (Wildman–Crippen MR) is 85.7 cm³/mol. The lowest BCUT2D eigenvalue weighted by molar-refractivity contribution is 0.359. The van der Waals surface area contributed by atoms with Crippen LogP contribution in [0.15, 0.2) is 18.2 Å². The van der Waals surface area contributed by atoms with Gasteiger partial charge in [0, 0.05) is 11.1 Å². The summed E-state index contributed by atoms with van der Waals surface area (Å²) in [5.41, 5.74) is 2.10. The number of halogens is 2. The van der Waals surface area contributed by atoms with Crippen molar-refractivity contribution in [1.29, 1.82) is 0 Å². The first-order chi connectivity index (χ1) is 9.58. The first-order valence-electron chi connectivity index (χ1n) is 7.39. The molecule has 0 radical (unpaired) electrons. The summed E-state index contributed by atoms with van der Waals surface area (Å²) in [5.74, 6) is 1.69. The summed E-state index contributed by atoms with van der Waals surface area (Å²) in [6.07, 6.45) is 5.31. The molecule has 3 rings (SSSR count). The van der Waals surface area contributed by atoms with Gasteiger partial charge in [0.15, 0.2) is 0 Å². The number of nitrogens with zero attached hydrogens (tertiary/aromatic N) is 2. The van der Waals surface area contributed by atoms with E-state index in [0.29, 0.717) is 6.04 Å². The van der Waals surface area contributed by atoms with Crippen molar-refractivity contribution in [3.05, 3.63) is 29.0 Å². The molecule has 0 bridgehead atoms. The highest BCUT2D eigenvalue weighted by atomic mass is 35.5. The molecule has 1 aromatic heterocycles. The predicted octanol–water partition coefficient (Wildman–Crippen LogP) is 5.74. The monoisotopic (exact) mass is 310 g/mol. The van der Waals surface area contributed by atoms with Gasteiger partial charge in [0.1, 0.15) is 5.82 Å². The van der Waals surface area contributed by atoms with Gasteiger partial charge in [-0.3, -0.25) is 0 Å². The summed E-state index contributed by atoms with van der Waals surface area (Å²) in [7, 11) is 0. The fourth-order valence-electron chi connectivity index (χ4n) is 3.45. The molecule has 1 aliphatic carbocycles. The summed E-state index contributed by atoms with van der Waals surface area (Å²) in [6.45, 7) is 4.29. The largest absolute Gasteiger partial charge is 0.324 e. The third-order valence-electron chi connectivity index (χ3n) is 4.52. The zero-order valence-corrected chi connectivity index (χ0v) is 13.5. The zero-order chi connectivity index (χ0) is 14.3. The Labute approximate surface area is 130 Å². The van der Waals surface area contributed by atoms with Crippen LogP contribution in [0.1, 0.15) is 56.8 Å². The molecular formula is C16H20Cl2N2. The number of alkyl halides is 1. The van der Waals surface area contributed by atoms with Crippen LogP contribution < -0.4 is 0 Å². The standard InChI is InChI=1S/C16H20Cl2N2/c1-10(17)16-19-14-9-13(18)7-8-15(14)20(16)11(2)12-5-3-4-6-12/h7-12H,3-6H2,1-2H3. The summed E-state index contributed by atoms with van der Waals surface area (Å²) in [6, 6.07) is 6.38. The molecule has 1 aliphatic rings. The third kappa shape index (κ3) is 2.44. The lowest BCUT2D eigenvalue weighted by atomic mass is 9.99. The summed E-state index contributed by atoms with van der Waals surface area (Å²) < 4.78 is 2.33. The molecule has 2 aromatic rings. The lowest BCUT2D eigenvalue weighted by Gasteiger charge is -2.24. The Balaban J connectivity index is 2.13. The van der Waals surface area contributed by atoms with E-state index >= 15 is 0 Å². The molecule has 0 spiro atoms. The van der Waals surface area contributed by atoms with Crippen LogP contribution in [0.5, 0.6) is 0 Å². The van der Waals surface area contributed by atoms with Crippen molar-refractivity contribution in [2.75, 3.05) is 0 Å². The van der Waals surface area contributed by atoms with Crippen LogP contribution >= 0.6 is 23.2 Å². The van der Waals surface area contributed by atoms with E-state index in [1.165, 1.54) is 25.7 Å². The molecule has 0 aliphatic heterocycles. The van der Waals surface area contributed by atoms with Crippen molar-refractivity contribution in [3.63, 3.8) is 0 Å². The van der Waals surface area contributed by atoms with Gasteiger partial charge in [-0.25, -0.2) is 4.98 Å². The Morgan fingerprint density at radius 1 is 1.25 bits per heavy atom. The minimum absolute atomic E-state index is 0.0926. The molecule has 0 amide bonds. The number of hydrogen-bond donors (Lipinski definition) is 0. The highest BCUT2D eigenvalue weighted by Gasteiger charge is 2.27. The van der Waals surface area contributed by atoms with Crippen molar-refractivity contribution in [3.8, 4) is 0 Å². The Bertz CT molecular complexity index is 612. The average Bonchev–Trinajstić information content (AvgIpc) is 3.04. The molecule has 1 aromatic carbocycles. The van der Waals surface area contributed by atoms with Crippen molar-refractivity contribution < 1.29 is 0 Å². The maximum Gasteiger partial charge on any atom is 0.127 e. The first-order valence-corrected chi connectivity index (χ1v) is 8.21. The van der Waals surface area contributed by atoms with Gasteiger partial charge in [-0.05, 0) is 50.8 Å². The van der Waals surface area contributed by atoms with E-state index in [0.717, 1.165) is 27.8 Å². The minimum Gasteiger partial charge on any atom is -0.324 e. The van der Waals surface area contributed by atoms with Crippen LogP contribution in [0.25, 0.3) is 11.0 Å². The zero-order valence-electron chi connectivity index (χ0n) is 11.9. The van der Waals surface area contributed by atoms with Gasteiger partial charge < -0.3 is 4.57 Å². The molecule has 108 valence electrons. The number of aromatic nitrogens is 2. The average molecular weight is 311 g/mol. The van der Waals surface area contributed by atoms with E-state index in [1.54, 1.807) is 0 Å². The van der Waals surface area contributed by atoms with Crippen molar-refractivity contribution in [2.24, 2.45) is 5.92 Å². The molecule has 2 atom stereocenters. The molecule has 4 heteroatoms. The Kier molecular flexibility index (Phi) is 3.96. The van der Waals surface area contributed by atoms with Gasteiger partial charge >= 0.3 is 0 Å². The second-order valence-electron chi connectivity index (χ2n) is 5.87. The summed E-state index contributed by atoms with van der Waals surface area (Å²) in [5, 5.41) is 0.634. The van der Waals surface area contributed by atoms with Crippen LogP contribution in [-0.4, -0.2) is 9.55 Å². The smallest absolute Gasteiger partial charge is 0.127 e. The maximum atomic E-state index is 6.35. The van der Waals surface area contributed by atoms with Crippen LogP contribution in [0.4, 0.5) is 0 Å². The quantitative estimate of drug-likeness (QED) is 0.661. The van der Waals surface area contributed by atoms with E-state index in [2.05, 4.69) is 17.6 Å². The number of rotatable bonds is 3. The Morgan fingerprint density at radius 3 is 2.60 bits per heavy atom. The van der Waals surface area contributed by atoms with E-state index < -0.39 is 0 Å². The molecule has 1 fully saturated rings. The number of fused-ring (bicyclic) bond motifs is 1. The van der Waals surface area contributed by atoms with E-state index in [1.807, 2.05) is 19.1 Å². The Hall–Kier alpha value is -0.730. The molecule has 0 N–H and O–H groups in total. The van der Waals surface area contributed by atoms with Gasteiger partial charge in [0.05, 0.1) is 16.4 Å². The number of benzene rings is 1. The van der Waals surface area contributed by atoms with Crippen LogP contribution in [0.2, 0.25) is 5.02 Å². The van der Waals surface area contributed by atoms with Gasteiger partial charge in [-0.1, -0.05) is 24.4 Å². The first kappa shape index (κ1) is 14.2. The van der Waals surface area contributed by atoms with Crippen LogP contribution in [0, 0.1) is 5.92 Å². The molecule has 20 heavy (non-hydrogen) atoms. The molecular weight excluding hydrogens is 291 g/mol. The van der Waals surface area contributed by atoms with E-state index in [9.17, 15) is 0 Å². The number of imidazole rings is 1. The lowest BCUT2D eigenvalue weighted by Crippen LogP contribution is -2.17. The highest BCUT2D eigenvalue weighted by Crippen LogP contribution is 2.38. The van der Waals surface area contributed by atoms with Gasteiger partial charge in [-0.15, -0.1) is 11.6 Å². The second-order valence-corrected chi connectivity index (χ2v) is 6.97. The second kappa shape index (κ2) is 5.57. The van der Waals surface area contributed by atoms with Crippen molar-refractivity contribution >= 4 is 34.2 Å². The fraction of sp³-hybridized carbons (Fsp3) is 0.562. The van der Waals surface area contributed by atoms with Gasteiger partial charge in [0.2, 0.25) is 0 Å². The van der Waals surface area contributed by atoms with Crippen LogP contribution in [0.3, 0.4) is 0 Å². The summed E-state index contributed by atoms with van der Waals surface area (Å²) in [4.78, 5) is 4.71. The highest BCUT2D eigenvalue weighted by molar-refractivity contribution is 6.31. The molecule has 2 nitrogen and oxygen atoms in total. The Morgan fingerprint density at radius 2 is 1.95 bits per heavy atom. The normalized spacial score (nSPS) is 19.6. The maximum absolute atomic E-state index is 6.35. The minimum atomic E-state index is -0.0926.